The fourth-order valence-corrected chi connectivity index (χ4v) is 2.09. The Kier molecular flexibility index (Phi) is 5.17. The summed E-state index contributed by atoms with van der Waals surface area (Å²) in [5.41, 5.74) is 0.871. The molecule has 0 aliphatic carbocycles. The van der Waals surface area contributed by atoms with E-state index < -0.39 is 0 Å². The molecule has 5 nitrogen and oxygen atoms in total. The first-order chi connectivity index (χ1) is 9.69. The molecule has 2 rings (SSSR count). The average Bonchev–Trinajstić information content (AvgIpc) is 2.95. The van der Waals surface area contributed by atoms with Crippen molar-refractivity contribution in [1.29, 1.82) is 0 Å². The number of hydrogen-bond acceptors (Lipinski definition) is 5. The van der Waals surface area contributed by atoms with Crippen LogP contribution >= 0.6 is 11.8 Å². The van der Waals surface area contributed by atoms with Crippen molar-refractivity contribution >= 4 is 17.7 Å². The lowest BCUT2D eigenvalue weighted by Crippen LogP contribution is -2.33. The highest BCUT2D eigenvalue weighted by atomic mass is 32.2. The van der Waals surface area contributed by atoms with Crippen LogP contribution in [0.15, 0.2) is 40.0 Å². The van der Waals surface area contributed by atoms with Gasteiger partial charge in [0.05, 0.1) is 5.75 Å². The van der Waals surface area contributed by atoms with Crippen LogP contribution in [0.2, 0.25) is 0 Å². The summed E-state index contributed by atoms with van der Waals surface area (Å²) in [5, 5.41) is 11.2. The zero-order chi connectivity index (χ0) is 14.4. The highest BCUT2D eigenvalue weighted by molar-refractivity contribution is 7.99. The summed E-state index contributed by atoms with van der Waals surface area (Å²) in [6.45, 7) is 4.00. The number of nitrogens with one attached hydrogen (secondary N) is 1. The molecule has 1 heterocycles. The molecule has 0 unspecified atom stereocenters. The summed E-state index contributed by atoms with van der Waals surface area (Å²) in [5.74, 6) is 0.722. The zero-order valence-corrected chi connectivity index (χ0v) is 12.3. The first-order valence-corrected chi connectivity index (χ1v) is 7.48. The largest absolute Gasteiger partial charge is 0.411 e. The molecule has 2 aromatic rings. The van der Waals surface area contributed by atoms with E-state index in [1.54, 1.807) is 0 Å². The number of thioether (sulfide) groups is 1. The topological polar surface area (TPSA) is 68.0 Å². The molecule has 1 aromatic heterocycles. The van der Waals surface area contributed by atoms with Crippen molar-refractivity contribution in [2.24, 2.45) is 0 Å². The van der Waals surface area contributed by atoms with E-state index in [1.165, 1.54) is 11.8 Å². The highest BCUT2D eigenvalue weighted by Gasteiger charge is 2.11. The van der Waals surface area contributed by atoms with Crippen molar-refractivity contribution in [3.8, 4) is 11.5 Å². The fraction of sp³-hybridized carbons (Fsp3) is 0.357. The summed E-state index contributed by atoms with van der Waals surface area (Å²) < 4.78 is 5.51. The van der Waals surface area contributed by atoms with Gasteiger partial charge in [-0.1, -0.05) is 36.9 Å². The third-order valence-corrected chi connectivity index (χ3v) is 3.59. The Morgan fingerprint density at radius 2 is 2.10 bits per heavy atom. The maximum atomic E-state index is 11.6. The van der Waals surface area contributed by atoms with E-state index in [0.29, 0.717) is 11.1 Å². The summed E-state index contributed by atoms with van der Waals surface area (Å²) in [6.07, 6.45) is 0.912. The molecule has 1 aromatic carbocycles. The number of benzene rings is 1. The Bertz CT molecular complexity index is 557. The lowest BCUT2D eigenvalue weighted by atomic mass is 10.2. The number of hydrogen-bond donors (Lipinski definition) is 1. The highest BCUT2D eigenvalue weighted by Crippen LogP contribution is 2.22. The van der Waals surface area contributed by atoms with Gasteiger partial charge in [-0.3, -0.25) is 4.79 Å². The monoisotopic (exact) mass is 291 g/mol. The molecule has 0 saturated heterocycles. The van der Waals surface area contributed by atoms with Gasteiger partial charge in [0, 0.05) is 11.6 Å². The Morgan fingerprint density at radius 1 is 1.35 bits per heavy atom. The Morgan fingerprint density at radius 3 is 2.80 bits per heavy atom. The number of nitrogens with zero attached hydrogens (tertiary/aromatic N) is 2. The summed E-state index contributed by atoms with van der Waals surface area (Å²) in [7, 11) is 0. The molecule has 0 spiro atoms. The van der Waals surface area contributed by atoms with E-state index >= 15 is 0 Å². The third kappa shape index (κ3) is 4.09. The molecule has 6 heteroatoms. The second-order valence-corrected chi connectivity index (χ2v) is 5.33. The zero-order valence-electron chi connectivity index (χ0n) is 11.5. The molecule has 1 atom stereocenters. The predicted octanol–water partition coefficient (Wildman–Crippen LogP) is 2.74. The van der Waals surface area contributed by atoms with Gasteiger partial charge in [-0.2, -0.15) is 0 Å². The van der Waals surface area contributed by atoms with Crippen molar-refractivity contribution in [1.82, 2.24) is 15.5 Å². The minimum absolute atomic E-state index is 0.0242. The van der Waals surface area contributed by atoms with Gasteiger partial charge in [0.25, 0.3) is 5.22 Å². The van der Waals surface area contributed by atoms with E-state index in [4.69, 9.17) is 4.42 Å². The molecular weight excluding hydrogens is 274 g/mol. The summed E-state index contributed by atoms with van der Waals surface area (Å²) >= 11 is 1.24. The molecule has 0 saturated carbocycles. The van der Waals surface area contributed by atoms with Crippen molar-refractivity contribution in [2.45, 2.75) is 31.5 Å². The van der Waals surface area contributed by atoms with Crippen molar-refractivity contribution < 1.29 is 9.21 Å². The lowest BCUT2D eigenvalue weighted by molar-refractivity contribution is -0.119. The van der Waals surface area contributed by atoms with E-state index in [2.05, 4.69) is 15.5 Å². The molecule has 1 N–H and O–H groups in total. The molecular formula is C14H17N3O2S. The van der Waals surface area contributed by atoms with E-state index in [1.807, 2.05) is 44.2 Å². The molecule has 20 heavy (non-hydrogen) atoms. The number of carbonyl (C=O) groups excluding carboxylic acids is 1. The molecule has 0 radical (unpaired) electrons. The van der Waals surface area contributed by atoms with Crippen LogP contribution in [0.3, 0.4) is 0 Å². The van der Waals surface area contributed by atoms with E-state index in [-0.39, 0.29) is 17.7 Å². The summed E-state index contributed by atoms with van der Waals surface area (Å²) in [6, 6.07) is 9.73. The van der Waals surface area contributed by atoms with Crippen LogP contribution in [0.25, 0.3) is 11.5 Å². The number of carbonyl (C=O) groups is 1. The van der Waals surface area contributed by atoms with Gasteiger partial charge in [-0.15, -0.1) is 10.2 Å². The SMILES string of the molecule is CC[C@H](C)NC(=O)CSc1nnc(-c2ccccc2)o1. The van der Waals surface area contributed by atoms with Gasteiger partial charge in [-0.25, -0.2) is 0 Å². The van der Waals surface area contributed by atoms with E-state index in [0.717, 1.165) is 12.0 Å². The Hall–Kier alpha value is -1.82. The molecule has 0 aliphatic heterocycles. The standard InChI is InChI=1S/C14H17N3O2S/c1-3-10(2)15-12(18)9-20-14-17-16-13(19-14)11-7-5-4-6-8-11/h4-8,10H,3,9H2,1-2H3,(H,15,18)/t10-/m0/s1. The molecule has 0 aliphatic rings. The normalized spacial score (nSPS) is 12.1. The second kappa shape index (κ2) is 7.09. The van der Waals surface area contributed by atoms with Gasteiger partial charge in [0.15, 0.2) is 0 Å². The van der Waals surface area contributed by atoms with Crippen molar-refractivity contribution in [2.75, 3.05) is 5.75 Å². The van der Waals surface area contributed by atoms with Crippen LogP contribution in [0, 0.1) is 0 Å². The second-order valence-electron chi connectivity index (χ2n) is 4.40. The first kappa shape index (κ1) is 14.6. The van der Waals surface area contributed by atoms with Gasteiger partial charge in [0.1, 0.15) is 0 Å². The van der Waals surface area contributed by atoms with Crippen LogP contribution in [-0.2, 0) is 4.79 Å². The lowest BCUT2D eigenvalue weighted by Gasteiger charge is -2.09. The van der Waals surface area contributed by atoms with Crippen LogP contribution < -0.4 is 5.32 Å². The molecule has 1 amide bonds. The number of aromatic nitrogens is 2. The molecule has 0 bridgehead atoms. The van der Waals surface area contributed by atoms with E-state index in [9.17, 15) is 4.79 Å². The average molecular weight is 291 g/mol. The molecule has 0 fully saturated rings. The van der Waals surface area contributed by atoms with Gasteiger partial charge in [-0.05, 0) is 25.5 Å². The quantitative estimate of drug-likeness (QED) is 0.829. The maximum Gasteiger partial charge on any atom is 0.277 e. The number of amides is 1. The number of rotatable bonds is 6. The molecule has 106 valence electrons. The van der Waals surface area contributed by atoms with Gasteiger partial charge in [0.2, 0.25) is 11.8 Å². The first-order valence-electron chi connectivity index (χ1n) is 6.50. The Labute approximate surface area is 122 Å². The Balaban J connectivity index is 1.89. The minimum Gasteiger partial charge on any atom is -0.411 e. The van der Waals surface area contributed by atoms with Crippen LogP contribution in [0.5, 0.6) is 0 Å². The fourth-order valence-electron chi connectivity index (χ4n) is 1.51. The minimum atomic E-state index is -0.0242. The van der Waals surface area contributed by atoms with Crippen molar-refractivity contribution in [3.05, 3.63) is 30.3 Å². The summed E-state index contributed by atoms with van der Waals surface area (Å²) in [4.78, 5) is 11.6. The predicted molar refractivity (Wildman–Crippen MR) is 78.4 cm³/mol. The smallest absolute Gasteiger partial charge is 0.277 e. The van der Waals surface area contributed by atoms with Crippen LogP contribution in [0.4, 0.5) is 0 Å². The van der Waals surface area contributed by atoms with Gasteiger partial charge >= 0.3 is 0 Å². The maximum absolute atomic E-state index is 11.6. The van der Waals surface area contributed by atoms with Crippen LogP contribution in [0.1, 0.15) is 20.3 Å². The van der Waals surface area contributed by atoms with Crippen molar-refractivity contribution in [3.63, 3.8) is 0 Å². The third-order valence-electron chi connectivity index (χ3n) is 2.77. The van der Waals surface area contributed by atoms with Gasteiger partial charge < -0.3 is 9.73 Å². The van der Waals surface area contributed by atoms with Crippen LogP contribution in [-0.4, -0.2) is 27.9 Å².